The zero-order valence-electron chi connectivity index (χ0n) is 16.3. The van der Waals surface area contributed by atoms with Crippen molar-refractivity contribution in [1.29, 1.82) is 0 Å². The lowest BCUT2D eigenvalue weighted by atomic mass is 10.1. The van der Waals surface area contributed by atoms with Gasteiger partial charge in [0.15, 0.2) is 5.69 Å². The van der Waals surface area contributed by atoms with Crippen LogP contribution >= 0.6 is 11.6 Å². The normalized spacial score (nSPS) is 16.3. The van der Waals surface area contributed by atoms with Crippen molar-refractivity contribution in [2.45, 2.75) is 18.9 Å². The fourth-order valence-electron chi connectivity index (χ4n) is 3.55. The highest BCUT2D eigenvalue weighted by molar-refractivity contribution is 6.33. The summed E-state index contributed by atoms with van der Waals surface area (Å²) in [7, 11) is 0. The van der Waals surface area contributed by atoms with Crippen molar-refractivity contribution >= 4 is 34.6 Å². The Morgan fingerprint density at radius 1 is 1.17 bits per heavy atom. The Kier molecular flexibility index (Phi) is 5.78. The van der Waals surface area contributed by atoms with Crippen molar-refractivity contribution in [1.82, 2.24) is 15.0 Å². The highest BCUT2D eigenvalue weighted by atomic mass is 35.5. The van der Waals surface area contributed by atoms with Crippen LogP contribution in [0.3, 0.4) is 0 Å². The summed E-state index contributed by atoms with van der Waals surface area (Å²) in [5.74, 6) is -0.421. The number of pyridine rings is 3. The molecule has 0 unspecified atom stereocenters. The Morgan fingerprint density at radius 2 is 1.97 bits per heavy atom. The van der Waals surface area contributed by atoms with E-state index < -0.39 is 5.91 Å². The third kappa shape index (κ3) is 4.19. The number of rotatable bonds is 4. The molecule has 4 heterocycles. The Bertz CT molecular complexity index is 1070. The molecule has 0 bridgehead atoms. The van der Waals surface area contributed by atoms with Crippen molar-refractivity contribution < 1.29 is 4.79 Å². The molecule has 4 rings (SSSR count). The first kappa shape index (κ1) is 20.1. The zero-order chi connectivity index (χ0) is 21.1. The lowest BCUT2D eigenvalue weighted by Gasteiger charge is -2.33. The van der Waals surface area contributed by atoms with E-state index in [0.29, 0.717) is 22.0 Å². The van der Waals surface area contributed by atoms with Gasteiger partial charge < -0.3 is 21.7 Å². The first-order chi connectivity index (χ1) is 14.5. The lowest BCUT2D eigenvalue weighted by Crippen LogP contribution is -2.43. The van der Waals surface area contributed by atoms with E-state index in [-0.39, 0.29) is 17.4 Å². The topological polar surface area (TPSA) is 123 Å². The van der Waals surface area contributed by atoms with E-state index in [1.54, 1.807) is 36.8 Å². The number of nitrogens with two attached hydrogens (primary N) is 2. The number of anilines is 3. The highest BCUT2D eigenvalue weighted by Crippen LogP contribution is 2.29. The summed E-state index contributed by atoms with van der Waals surface area (Å²) in [6.45, 7) is 1.60. The fourth-order valence-corrected chi connectivity index (χ4v) is 3.77. The number of carbonyl (C=O) groups excluding carboxylic acids is 1. The van der Waals surface area contributed by atoms with Gasteiger partial charge in [-0.3, -0.25) is 14.8 Å². The highest BCUT2D eigenvalue weighted by Gasteiger charge is 2.21. The van der Waals surface area contributed by atoms with Crippen molar-refractivity contribution in [3.05, 3.63) is 59.8 Å². The SMILES string of the molecule is Nc1ccc(-c2ccncc2Cl)nc1C(=O)Nc1cnccc1N1CCC[C@H](N)C1. The predicted octanol–water partition coefficient (Wildman–Crippen LogP) is 2.95. The molecule has 1 fully saturated rings. The average Bonchev–Trinajstić information content (AvgIpc) is 2.75. The van der Waals surface area contributed by atoms with E-state index in [1.807, 2.05) is 6.07 Å². The zero-order valence-corrected chi connectivity index (χ0v) is 17.0. The average molecular weight is 424 g/mol. The van der Waals surface area contributed by atoms with E-state index in [2.05, 4.69) is 25.2 Å². The molecule has 1 amide bonds. The van der Waals surface area contributed by atoms with Gasteiger partial charge >= 0.3 is 0 Å². The molecule has 1 saturated heterocycles. The molecule has 8 nitrogen and oxygen atoms in total. The van der Waals surface area contributed by atoms with Crippen LogP contribution in [0, 0.1) is 0 Å². The number of amides is 1. The van der Waals surface area contributed by atoms with Gasteiger partial charge in [-0.1, -0.05) is 11.6 Å². The van der Waals surface area contributed by atoms with Crippen LogP contribution in [0.4, 0.5) is 17.1 Å². The maximum atomic E-state index is 13.0. The Labute approximate surface area is 179 Å². The number of hydrogen-bond acceptors (Lipinski definition) is 7. The molecular weight excluding hydrogens is 402 g/mol. The molecular formula is C21H22ClN7O. The Morgan fingerprint density at radius 3 is 2.77 bits per heavy atom. The minimum absolute atomic E-state index is 0.106. The second-order valence-electron chi connectivity index (χ2n) is 7.19. The monoisotopic (exact) mass is 423 g/mol. The number of nitrogens with zero attached hydrogens (tertiary/aromatic N) is 4. The molecule has 0 radical (unpaired) electrons. The number of piperidine rings is 1. The summed E-state index contributed by atoms with van der Waals surface area (Å²) in [5, 5.41) is 3.34. The molecule has 1 atom stereocenters. The number of aromatic nitrogens is 3. The fraction of sp³-hybridized carbons (Fsp3) is 0.238. The maximum absolute atomic E-state index is 13.0. The maximum Gasteiger partial charge on any atom is 0.276 e. The van der Waals surface area contributed by atoms with Gasteiger partial charge in [-0.25, -0.2) is 4.98 Å². The van der Waals surface area contributed by atoms with Crippen LogP contribution in [0.2, 0.25) is 5.02 Å². The van der Waals surface area contributed by atoms with Crippen molar-refractivity contribution in [2.75, 3.05) is 29.0 Å². The van der Waals surface area contributed by atoms with Crippen LogP contribution in [0.25, 0.3) is 11.3 Å². The molecule has 0 spiro atoms. The van der Waals surface area contributed by atoms with Crippen molar-refractivity contribution in [2.24, 2.45) is 5.73 Å². The molecule has 1 aliphatic rings. The quantitative estimate of drug-likeness (QED) is 0.589. The minimum atomic E-state index is -0.421. The second kappa shape index (κ2) is 8.64. The number of halogens is 1. The molecule has 30 heavy (non-hydrogen) atoms. The minimum Gasteiger partial charge on any atom is -0.397 e. The predicted molar refractivity (Wildman–Crippen MR) is 119 cm³/mol. The summed E-state index contributed by atoms with van der Waals surface area (Å²) < 4.78 is 0. The molecule has 0 saturated carbocycles. The van der Waals surface area contributed by atoms with Crippen LogP contribution in [-0.2, 0) is 0 Å². The molecule has 5 N–H and O–H groups in total. The molecule has 154 valence electrons. The van der Waals surface area contributed by atoms with Gasteiger partial charge in [-0.05, 0) is 37.1 Å². The van der Waals surface area contributed by atoms with Gasteiger partial charge in [0.2, 0.25) is 0 Å². The van der Waals surface area contributed by atoms with E-state index in [0.717, 1.165) is 31.6 Å². The number of hydrogen-bond donors (Lipinski definition) is 3. The largest absolute Gasteiger partial charge is 0.397 e. The Balaban J connectivity index is 1.62. The summed E-state index contributed by atoms with van der Waals surface area (Å²) in [5.41, 5.74) is 15.2. The van der Waals surface area contributed by atoms with Gasteiger partial charge in [0, 0.05) is 43.3 Å². The number of nitrogen functional groups attached to an aromatic ring is 1. The third-order valence-electron chi connectivity index (χ3n) is 5.03. The Hall–Kier alpha value is -3.23. The molecule has 9 heteroatoms. The van der Waals surface area contributed by atoms with Crippen molar-refractivity contribution in [3.63, 3.8) is 0 Å². The smallest absolute Gasteiger partial charge is 0.276 e. The van der Waals surface area contributed by atoms with Gasteiger partial charge in [-0.15, -0.1) is 0 Å². The van der Waals surface area contributed by atoms with Crippen LogP contribution in [-0.4, -0.2) is 40.0 Å². The van der Waals surface area contributed by atoms with Crippen LogP contribution < -0.4 is 21.7 Å². The number of nitrogens with one attached hydrogen (secondary N) is 1. The summed E-state index contributed by atoms with van der Waals surface area (Å²) in [6.07, 6.45) is 8.45. The third-order valence-corrected chi connectivity index (χ3v) is 5.34. The van der Waals surface area contributed by atoms with E-state index in [1.165, 1.54) is 6.20 Å². The van der Waals surface area contributed by atoms with E-state index in [4.69, 9.17) is 23.1 Å². The lowest BCUT2D eigenvalue weighted by molar-refractivity contribution is 0.102. The first-order valence-electron chi connectivity index (χ1n) is 9.65. The second-order valence-corrected chi connectivity index (χ2v) is 7.59. The molecule has 3 aromatic heterocycles. The van der Waals surface area contributed by atoms with Gasteiger partial charge in [-0.2, -0.15) is 0 Å². The van der Waals surface area contributed by atoms with E-state index in [9.17, 15) is 4.79 Å². The summed E-state index contributed by atoms with van der Waals surface area (Å²) in [4.78, 5) is 27.8. The summed E-state index contributed by atoms with van der Waals surface area (Å²) >= 11 is 6.22. The van der Waals surface area contributed by atoms with Gasteiger partial charge in [0.1, 0.15) is 0 Å². The van der Waals surface area contributed by atoms with Gasteiger partial charge in [0.05, 0.1) is 34.0 Å². The van der Waals surface area contributed by atoms with Crippen molar-refractivity contribution in [3.8, 4) is 11.3 Å². The van der Waals surface area contributed by atoms with Crippen LogP contribution in [0.1, 0.15) is 23.3 Å². The van der Waals surface area contributed by atoms with Gasteiger partial charge in [0.25, 0.3) is 5.91 Å². The van der Waals surface area contributed by atoms with E-state index >= 15 is 0 Å². The molecule has 3 aromatic rings. The standard InChI is InChI=1S/C21H22ClN7O/c22-15-10-25-7-5-14(15)17-4-3-16(24)20(27-17)21(30)28-18-11-26-8-6-19(18)29-9-1-2-13(23)12-29/h3-8,10-11,13H,1-2,9,12,23-24H2,(H,28,30)/t13-/m0/s1. The first-order valence-corrected chi connectivity index (χ1v) is 10.0. The van der Waals surface area contributed by atoms with Crippen LogP contribution in [0.15, 0.2) is 49.1 Å². The molecule has 0 aromatic carbocycles. The number of carbonyl (C=O) groups is 1. The molecule has 0 aliphatic carbocycles. The molecule has 1 aliphatic heterocycles. The summed E-state index contributed by atoms with van der Waals surface area (Å²) in [6, 6.07) is 7.08. The van der Waals surface area contributed by atoms with Crippen LogP contribution in [0.5, 0.6) is 0 Å².